The highest BCUT2D eigenvalue weighted by Crippen LogP contribution is 2.39. The summed E-state index contributed by atoms with van der Waals surface area (Å²) in [6.45, 7) is 1.05. The standard InChI is InChI=1S/C23H22N4O4/c1-31-18-5-3-16(4-6-18)20-19(21(28)17-7-9-24-10-8-17)22(29)23(30)27(20)13-2-12-26-14-11-25-15-26/h3-11,14-15,20H,2,12-13H2,1H3,(H,28,29)/p+1. The van der Waals surface area contributed by atoms with Crippen LogP contribution in [0.3, 0.4) is 0 Å². The molecule has 1 unspecified atom stereocenters. The maximum absolute atomic E-state index is 13.0. The van der Waals surface area contributed by atoms with Crippen LogP contribution >= 0.6 is 0 Å². The van der Waals surface area contributed by atoms with E-state index in [0.717, 1.165) is 5.56 Å². The number of ether oxygens (including phenoxy) is 1. The van der Waals surface area contributed by atoms with E-state index in [0.29, 0.717) is 30.8 Å². The van der Waals surface area contributed by atoms with Gasteiger partial charge in [-0.25, -0.2) is 4.57 Å². The van der Waals surface area contributed by atoms with Crippen LogP contribution in [0.15, 0.2) is 73.1 Å². The number of aryl methyl sites for hydroxylation is 1. The Morgan fingerprint density at radius 3 is 2.58 bits per heavy atom. The SMILES string of the molecule is COc1ccc(C2C(=C(O)c3ccncc3)C(=O)C(=O)N2CCC[n+]2cc[nH]c2)cc1. The van der Waals surface area contributed by atoms with E-state index in [1.54, 1.807) is 31.4 Å². The van der Waals surface area contributed by atoms with Crippen molar-refractivity contribution in [1.29, 1.82) is 0 Å². The lowest BCUT2D eigenvalue weighted by molar-refractivity contribution is -0.695. The monoisotopic (exact) mass is 419 g/mol. The zero-order chi connectivity index (χ0) is 21.8. The van der Waals surface area contributed by atoms with Gasteiger partial charge in [0.1, 0.15) is 23.9 Å². The Balaban J connectivity index is 1.72. The van der Waals surface area contributed by atoms with Gasteiger partial charge in [0.05, 0.1) is 25.3 Å². The summed E-state index contributed by atoms with van der Waals surface area (Å²) in [5, 5.41) is 11.0. The van der Waals surface area contributed by atoms with Crippen LogP contribution in [0, 0.1) is 0 Å². The van der Waals surface area contributed by atoms with E-state index in [-0.39, 0.29) is 11.3 Å². The van der Waals surface area contributed by atoms with Crippen LogP contribution < -0.4 is 9.30 Å². The quantitative estimate of drug-likeness (QED) is 0.265. The summed E-state index contributed by atoms with van der Waals surface area (Å²) in [6, 6.07) is 9.70. The number of aromatic nitrogens is 3. The lowest BCUT2D eigenvalue weighted by Crippen LogP contribution is -2.36. The van der Waals surface area contributed by atoms with E-state index in [1.165, 1.54) is 17.3 Å². The topological polar surface area (TPSA) is 99.4 Å². The van der Waals surface area contributed by atoms with Gasteiger partial charge in [0, 0.05) is 30.9 Å². The van der Waals surface area contributed by atoms with Gasteiger partial charge in [0.15, 0.2) is 0 Å². The molecule has 1 amide bonds. The van der Waals surface area contributed by atoms with Crippen LogP contribution in [-0.4, -0.2) is 45.3 Å². The first-order valence-corrected chi connectivity index (χ1v) is 9.94. The number of Topliss-reactive ketones (excluding diaryl/α,β-unsaturated/α-hetero) is 1. The molecule has 1 aliphatic heterocycles. The Morgan fingerprint density at radius 1 is 1.19 bits per heavy atom. The Hall–Kier alpha value is -3.94. The van der Waals surface area contributed by atoms with Gasteiger partial charge < -0.3 is 14.7 Å². The summed E-state index contributed by atoms with van der Waals surface area (Å²) in [5.41, 5.74) is 1.25. The number of carbonyl (C=O) groups excluding carboxylic acids is 2. The summed E-state index contributed by atoms with van der Waals surface area (Å²) in [6.07, 6.45) is 9.26. The van der Waals surface area contributed by atoms with Crippen LogP contribution in [0.4, 0.5) is 0 Å². The molecule has 0 radical (unpaired) electrons. The minimum absolute atomic E-state index is 0.0793. The predicted octanol–water partition coefficient (Wildman–Crippen LogP) is 2.22. The second-order valence-electron chi connectivity index (χ2n) is 7.20. The summed E-state index contributed by atoms with van der Waals surface area (Å²) in [5.74, 6) is -0.845. The minimum Gasteiger partial charge on any atom is -0.507 e. The number of nitrogens with one attached hydrogen (secondary N) is 1. The number of methoxy groups -OCH3 is 1. The van der Waals surface area contributed by atoms with Crippen molar-refractivity contribution < 1.29 is 24.0 Å². The normalized spacial score (nSPS) is 17.8. The maximum Gasteiger partial charge on any atom is 0.295 e. The van der Waals surface area contributed by atoms with Gasteiger partial charge >= 0.3 is 0 Å². The molecule has 2 N–H and O–H groups in total. The minimum atomic E-state index is -0.690. The number of aromatic amines is 1. The molecule has 0 saturated carbocycles. The molecule has 1 atom stereocenters. The van der Waals surface area contributed by atoms with Crippen LogP contribution in [-0.2, 0) is 16.1 Å². The maximum atomic E-state index is 13.0. The zero-order valence-electron chi connectivity index (χ0n) is 17.1. The molecule has 8 heteroatoms. The number of aliphatic hydroxyl groups excluding tert-OH is 1. The van der Waals surface area contributed by atoms with E-state index in [1.807, 2.05) is 35.4 Å². The van der Waals surface area contributed by atoms with Gasteiger partial charge in [-0.05, 0) is 29.8 Å². The van der Waals surface area contributed by atoms with Gasteiger partial charge in [-0.3, -0.25) is 19.6 Å². The van der Waals surface area contributed by atoms with Crippen molar-refractivity contribution >= 4 is 17.4 Å². The number of pyridine rings is 1. The van der Waals surface area contributed by atoms with Gasteiger partial charge in [0.2, 0.25) is 6.33 Å². The Kier molecular flexibility index (Phi) is 5.79. The van der Waals surface area contributed by atoms with Crippen LogP contribution in [0.2, 0.25) is 0 Å². The average Bonchev–Trinajstić information content (AvgIpc) is 3.41. The molecule has 1 aromatic carbocycles. The highest BCUT2D eigenvalue weighted by atomic mass is 16.5. The second-order valence-corrected chi connectivity index (χ2v) is 7.20. The summed E-state index contributed by atoms with van der Waals surface area (Å²) in [7, 11) is 1.57. The number of imidazole rings is 1. The smallest absolute Gasteiger partial charge is 0.295 e. The molecule has 8 nitrogen and oxygen atoms in total. The molecular formula is C23H23N4O4+. The molecule has 1 aliphatic rings. The van der Waals surface area contributed by atoms with Crippen LogP contribution in [0.5, 0.6) is 5.75 Å². The number of carbonyl (C=O) groups is 2. The third-order valence-electron chi connectivity index (χ3n) is 5.34. The van der Waals surface area contributed by atoms with Crippen molar-refractivity contribution in [3.63, 3.8) is 0 Å². The molecule has 2 aromatic heterocycles. The molecule has 4 rings (SSSR count). The molecule has 1 fully saturated rings. The number of aliphatic hydroxyl groups is 1. The largest absolute Gasteiger partial charge is 0.507 e. The zero-order valence-corrected chi connectivity index (χ0v) is 17.1. The van der Waals surface area contributed by atoms with Crippen LogP contribution in [0.25, 0.3) is 5.76 Å². The Morgan fingerprint density at radius 2 is 1.94 bits per heavy atom. The first kappa shape index (κ1) is 20.3. The Labute approximate surface area is 179 Å². The van der Waals surface area contributed by atoms with Crippen molar-refractivity contribution in [3.8, 4) is 5.75 Å². The number of rotatable bonds is 7. The second kappa shape index (κ2) is 8.83. The van der Waals surface area contributed by atoms with E-state index in [2.05, 4.69) is 9.97 Å². The highest BCUT2D eigenvalue weighted by Gasteiger charge is 2.45. The number of benzene rings is 1. The number of likely N-dealkylation sites (tertiary alicyclic amines) is 1. The molecule has 0 aliphatic carbocycles. The molecule has 0 spiro atoms. The average molecular weight is 419 g/mol. The first-order chi connectivity index (χ1) is 15.1. The van der Waals surface area contributed by atoms with Crippen molar-refractivity contribution in [3.05, 3.63) is 84.2 Å². The Bertz CT molecular complexity index is 1090. The number of nitrogens with zero attached hydrogens (tertiary/aromatic N) is 3. The first-order valence-electron chi connectivity index (χ1n) is 9.94. The molecule has 1 saturated heterocycles. The number of hydrogen-bond donors (Lipinski definition) is 2. The highest BCUT2D eigenvalue weighted by molar-refractivity contribution is 6.46. The number of hydrogen-bond acceptors (Lipinski definition) is 5. The third-order valence-corrected chi connectivity index (χ3v) is 5.34. The molecule has 3 heterocycles. The lowest BCUT2D eigenvalue weighted by Gasteiger charge is -2.25. The summed E-state index contributed by atoms with van der Waals surface area (Å²) in [4.78, 5) is 34.4. The van der Waals surface area contributed by atoms with Crippen LogP contribution in [0.1, 0.15) is 23.6 Å². The fourth-order valence-corrected chi connectivity index (χ4v) is 3.79. The predicted molar refractivity (Wildman–Crippen MR) is 112 cm³/mol. The van der Waals surface area contributed by atoms with E-state index < -0.39 is 17.7 Å². The van der Waals surface area contributed by atoms with Gasteiger partial charge in [-0.1, -0.05) is 12.1 Å². The van der Waals surface area contributed by atoms with Crippen molar-refractivity contribution in [2.75, 3.05) is 13.7 Å². The molecule has 0 bridgehead atoms. The van der Waals surface area contributed by atoms with Gasteiger partial charge in [0.25, 0.3) is 11.7 Å². The van der Waals surface area contributed by atoms with E-state index in [4.69, 9.17) is 4.74 Å². The van der Waals surface area contributed by atoms with Gasteiger partial charge in [-0.2, -0.15) is 0 Å². The fourth-order valence-electron chi connectivity index (χ4n) is 3.79. The fraction of sp³-hybridized carbons (Fsp3) is 0.217. The molecule has 3 aromatic rings. The van der Waals surface area contributed by atoms with E-state index in [9.17, 15) is 14.7 Å². The molecule has 158 valence electrons. The summed E-state index contributed by atoms with van der Waals surface area (Å²) >= 11 is 0. The van der Waals surface area contributed by atoms with Crippen molar-refractivity contribution in [2.45, 2.75) is 19.0 Å². The van der Waals surface area contributed by atoms with Crippen molar-refractivity contribution in [1.82, 2.24) is 14.9 Å². The van der Waals surface area contributed by atoms with Gasteiger partial charge in [-0.15, -0.1) is 0 Å². The lowest BCUT2D eigenvalue weighted by atomic mass is 9.95. The van der Waals surface area contributed by atoms with E-state index >= 15 is 0 Å². The number of H-pyrrole nitrogens is 1. The van der Waals surface area contributed by atoms with Crippen molar-refractivity contribution in [2.24, 2.45) is 0 Å². The number of amides is 1. The molecular weight excluding hydrogens is 396 g/mol. The number of ketones is 1. The molecule has 31 heavy (non-hydrogen) atoms. The third kappa shape index (κ3) is 4.05. The summed E-state index contributed by atoms with van der Waals surface area (Å²) < 4.78 is 7.20.